The number of hydrogen-bond donors (Lipinski definition) is 2. The largest absolute Gasteiger partial charge is 0.497 e. The minimum absolute atomic E-state index is 0.0200. The first kappa shape index (κ1) is 20.1. The van der Waals surface area contributed by atoms with Crippen molar-refractivity contribution in [3.05, 3.63) is 29.8 Å². The number of rotatable bonds is 4. The topological polar surface area (TPSA) is 105 Å². The number of carbonyl (C=O) groups excluding carboxylic acids is 3. The number of benzene rings is 1. The van der Waals surface area contributed by atoms with Crippen molar-refractivity contribution in [2.24, 2.45) is 11.1 Å². The van der Waals surface area contributed by atoms with Crippen LogP contribution in [-0.4, -0.2) is 60.4 Å². The molecule has 0 saturated carbocycles. The Bertz CT molecular complexity index is 792. The second kappa shape index (κ2) is 7.09. The van der Waals surface area contributed by atoms with Gasteiger partial charge in [-0.15, -0.1) is 0 Å². The summed E-state index contributed by atoms with van der Waals surface area (Å²) < 4.78 is 5.14. The van der Waals surface area contributed by atoms with E-state index in [4.69, 9.17) is 10.5 Å². The zero-order chi connectivity index (χ0) is 20.7. The number of amides is 4. The van der Waals surface area contributed by atoms with E-state index in [0.29, 0.717) is 30.8 Å². The average molecular weight is 388 g/mol. The van der Waals surface area contributed by atoms with Crippen LogP contribution in [-0.2, 0) is 15.1 Å². The molecule has 4 amide bonds. The third-order valence-corrected chi connectivity index (χ3v) is 5.90. The fourth-order valence-corrected chi connectivity index (χ4v) is 3.78. The molecule has 0 aromatic heterocycles. The number of ether oxygens (including phenoxy) is 1. The predicted molar refractivity (Wildman–Crippen MR) is 104 cm³/mol. The molecule has 1 aromatic carbocycles. The van der Waals surface area contributed by atoms with Crippen molar-refractivity contribution in [3.63, 3.8) is 0 Å². The summed E-state index contributed by atoms with van der Waals surface area (Å²) in [6, 6.07) is 6.38. The van der Waals surface area contributed by atoms with Gasteiger partial charge in [0.2, 0.25) is 5.91 Å². The molecular weight excluding hydrogens is 360 g/mol. The molecule has 2 atom stereocenters. The van der Waals surface area contributed by atoms with Gasteiger partial charge in [-0.2, -0.15) is 0 Å². The number of carbonyl (C=O) groups is 3. The zero-order valence-corrected chi connectivity index (χ0v) is 16.8. The van der Waals surface area contributed by atoms with Gasteiger partial charge in [0.25, 0.3) is 5.91 Å². The molecule has 2 saturated heterocycles. The van der Waals surface area contributed by atoms with Gasteiger partial charge >= 0.3 is 6.03 Å². The Balaban J connectivity index is 1.74. The lowest BCUT2D eigenvalue weighted by atomic mass is 9.79. The van der Waals surface area contributed by atoms with E-state index in [9.17, 15) is 14.4 Å². The van der Waals surface area contributed by atoms with Crippen molar-refractivity contribution in [3.8, 4) is 5.75 Å². The fraction of sp³-hybridized carbons (Fsp3) is 0.550. The van der Waals surface area contributed by atoms with Crippen LogP contribution in [0.25, 0.3) is 0 Å². The normalized spacial score (nSPS) is 27.0. The summed E-state index contributed by atoms with van der Waals surface area (Å²) in [5, 5.41) is 2.72. The molecule has 2 aliphatic rings. The molecule has 28 heavy (non-hydrogen) atoms. The standard InChI is InChI=1S/C20H28N4O4/c1-19(2)12-23(10-9-15(19)21)16(25)11-24-17(26)20(3,22-18(24)27)13-5-7-14(28-4)8-6-13/h5-8,15H,9-12,21H2,1-4H3,(H,22,27). The van der Waals surface area contributed by atoms with E-state index in [1.807, 2.05) is 13.8 Å². The second-order valence-corrected chi connectivity index (χ2v) is 8.37. The molecule has 0 radical (unpaired) electrons. The van der Waals surface area contributed by atoms with Gasteiger partial charge in [-0.1, -0.05) is 26.0 Å². The minimum Gasteiger partial charge on any atom is -0.497 e. The molecule has 3 rings (SSSR count). The van der Waals surface area contributed by atoms with Gasteiger partial charge < -0.3 is 20.7 Å². The lowest BCUT2D eigenvalue weighted by molar-refractivity contribution is -0.140. The van der Waals surface area contributed by atoms with Gasteiger partial charge in [0.15, 0.2) is 0 Å². The highest BCUT2D eigenvalue weighted by Gasteiger charge is 2.50. The van der Waals surface area contributed by atoms with Crippen molar-refractivity contribution in [2.45, 2.75) is 38.8 Å². The summed E-state index contributed by atoms with van der Waals surface area (Å²) in [7, 11) is 1.56. The van der Waals surface area contributed by atoms with E-state index in [0.717, 1.165) is 4.90 Å². The van der Waals surface area contributed by atoms with Crippen LogP contribution in [0.15, 0.2) is 24.3 Å². The number of methoxy groups -OCH3 is 1. The molecule has 0 spiro atoms. The van der Waals surface area contributed by atoms with Gasteiger partial charge in [0.05, 0.1) is 7.11 Å². The molecule has 0 aliphatic carbocycles. The van der Waals surface area contributed by atoms with Crippen LogP contribution in [0.5, 0.6) is 5.75 Å². The molecule has 2 heterocycles. The summed E-state index contributed by atoms with van der Waals surface area (Å²) in [6.45, 7) is 6.44. The Kier molecular flexibility index (Phi) is 5.10. The SMILES string of the molecule is COc1ccc(C2(C)NC(=O)N(CC(=O)N3CCC(N)C(C)(C)C3)C2=O)cc1. The van der Waals surface area contributed by atoms with E-state index in [1.54, 1.807) is 43.2 Å². The molecule has 3 N–H and O–H groups in total. The number of hydrogen-bond acceptors (Lipinski definition) is 5. The maximum atomic E-state index is 13.0. The summed E-state index contributed by atoms with van der Waals surface area (Å²) in [5.74, 6) is -0.0338. The molecule has 2 aliphatic heterocycles. The lowest BCUT2D eigenvalue weighted by Crippen LogP contribution is -2.56. The Morgan fingerprint density at radius 1 is 1.25 bits per heavy atom. The Hall–Kier alpha value is -2.61. The van der Waals surface area contributed by atoms with Crippen LogP contribution in [0.4, 0.5) is 4.79 Å². The number of nitrogens with one attached hydrogen (secondary N) is 1. The van der Waals surface area contributed by atoms with Gasteiger partial charge in [-0.3, -0.25) is 14.5 Å². The average Bonchev–Trinajstić information content (AvgIpc) is 2.88. The van der Waals surface area contributed by atoms with E-state index >= 15 is 0 Å². The smallest absolute Gasteiger partial charge is 0.325 e. The van der Waals surface area contributed by atoms with Gasteiger partial charge in [0, 0.05) is 19.1 Å². The van der Waals surface area contributed by atoms with Crippen LogP contribution in [0.2, 0.25) is 0 Å². The molecule has 8 nitrogen and oxygen atoms in total. The first-order valence-corrected chi connectivity index (χ1v) is 9.40. The third-order valence-electron chi connectivity index (χ3n) is 5.90. The molecule has 1 aromatic rings. The van der Waals surface area contributed by atoms with Crippen LogP contribution in [0, 0.1) is 5.41 Å². The number of imide groups is 1. The van der Waals surface area contributed by atoms with E-state index in [1.165, 1.54) is 0 Å². The second-order valence-electron chi connectivity index (χ2n) is 8.37. The molecule has 152 valence electrons. The van der Waals surface area contributed by atoms with Crippen LogP contribution in [0.3, 0.4) is 0 Å². The highest BCUT2D eigenvalue weighted by molar-refractivity contribution is 6.09. The summed E-state index contributed by atoms with van der Waals surface area (Å²) in [6.07, 6.45) is 0.697. The number of urea groups is 1. The Morgan fingerprint density at radius 2 is 1.89 bits per heavy atom. The lowest BCUT2D eigenvalue weighted by Gasteiger charge is -2.42. The number of nitrogens with zero attached hydrogens (tertiary/aromatic N) is 2. The van der Waals surface area contributed by atoms with Gasteiger partial charge in [-0.05, 0) is 36.5 Å². The first-order chi connectivity index (χ1) is 13.1. The Morgan fingerprint density at radius 3 is 2.46 bits per heavy atom. The van der Waals surface area contributed by atoms with Crippen molar-refractivity contribution in [1.29, 1.82) is 0 Å². The number of piperidine rings is 1. The van der Waals surface area contributed by atoms with E-state index in [2.05, 4.69) is 5.32 Å². The number of likely N-dealkylation sites (tertiary alicyclic amines) is 1. The van der Waals surface area contributed by atoms with Crippen molar-refractivity contribution >= 4 is 17.8 Å². The highest BCUT2D eigenvalue weighted by Crippen LogP contribution is 2.31. The third kappa shape index (κ3) is 3.44. The van der Waals surface area contributed by atoms with E-state index < -0.39 is 17.5 Å². The van der Waals surface area contributed by atoms with Crippen LogP contribution in [0.1, 0.15) is 32.8 Å². The molecule has 2 fully saturated rings. The summed E-state index contributed by atoms with van der Waals surface area (Å²) in [5.41, 5.74) is 5.34. The van der Waals surface area contributed by atoms with Gasteiger partial charge in [-0.25, -0.2) is 4.79 Å². The predicted octanol–water partition coefficient (Wildman–Crippen LogP) is 1.05. The Labute approximate surface area is 165 Å². The molecule has 8 heteroatoms. The maximum Gasteiger partial charge on any atom is 0.325 e. The highest BCUT2D eigenvalue weighted by atomic mass is 16.5. The number of nitrogens with two attached hydrogens (primary N) is 1. The maximum absolute atomic E-state index is 13.0. The monoisotopic (exact) mass is 388 g/mol. The van der Waals surface area contributed by atoms with E-state index in [-0.39, 0.29) is 23.9 Å². The summed E-state index contributed by atoms with van der Waals surface area (Å²) >= 11 is 0. The molecular formula is C20H28N4O4. The van der Waals surface area contributed by atoms with Gasteiger partial charge in [0.1, 0.15) is 17.8 Å². The van der Waals surface area contributed by atoms with Crippen molar-refractivity contribution in [1.82, 2.24) is 15.1 Å². The quantitative estimate of drug-likeness (QED) is 0.750. The fourth-order valence-electron chi connectivity index (χ4n) is 3.78. The zero-order valence-electron chi connectivity index (χ0n) is 16.8. The van der Waals surface area contributed by atoms with Crippen LogP contribution >= 0.6 is 0 Å². The van der Waals surface area contributed by atoms with Crippen LogP contribution < -0.4 is 15.8 Å². The summed E-state index contributed by atoms with van der Waals surface area (Å²) in [4.78, 5) is 40.9. The van der Waals surface area contributed by atoms with Crippen molar-refractivity contribution in [2.75, 3.05) is 26.7 Å². The first-order valence-electron chi connectivity index (χ1n) is 9.40. The molecule has 0 bridgehead atoms. The molecule has 2 unspecified atom stereocenters. The minimum atomic E-state index is -1.22. The van der Waals surface area contributed by atoms with Crippen molar-refractivity contribution < 1.29 is 19.1 Å².